The lowest BCUT2D eigenvalue weighted by atomic mass is 9.77. The van der Waals surface area contributed by atoms with Crippen molar-refractivity contribution in [3.8, 4) is 0 Å². The zero-order valence-electron chi connectivity index (χ0n) is 10.8. The first kappa shape index (κ1) is 13.2. The van der Waals surface area contributed by atoms with Gasteiger partial charge in [-0.3, -0.25) is 0 Å². The maximum Gasteiger partial charge on any atom is 0.335 e. The molecule has 1 aliphatic rings. The first-order valence-corrected chi connectivity index (χ1v) is 7.28. The molecule has 3 nitrogen and oxygen atoms in total. The number of benzene rings is 2. The fourth-order valence-electron chi connectivity index (χ4n) is 2.60. The van der Waals surface area contributed by atoms with Crippen LogP contribution in [0.25, 0.3) is 0 Å². The fraction of sp³-hybridized carbons (Fsp3) is 0.188. The third kappa shape index (κ3) is 2.56. The van der Waals surface area contributed by atoms with E-state index in [9.17, 15) is 4.79 Å². The van der Waals surface area contributed by atoms with Crippen molar-refractivity contribution in [1.29, 1.82) is 0 Å². The molecular weight excluding hydrogens is 318 g/mol. The van der Waals surface area contributed by atoms with Crippen molar-refractivity contribution in [2.45, 2.75) is 12.3 Å². The summed E-state index contributed by atoms with van der Waals surface area (Å²) in [6.07, 6.45) is 1.09. The molecule has 0 aliphatic heterocycles. The average Bonchev–Trinajstić information content (AvgIpc) is 2.39. The number of hydrogen-bond acceptors (Lipinski definition) is 2. The topological polar surface area (TPSA) is 49.3 Å². The number of carboxylic acid groups (broad SMARTS) is 1. The third-order valence-corrected chi connectivity index (χ3v) is 4.12. The Hall–Kier alpha value is -1.81. The van der Waals surface area contributed by atoms with Gasteiger partial charge in [0.25, 0.3) is 0 Å². The number of rotatable bonds is 4. The van der Waals surface area contributed by atoms with E-state index in [1.165, 1.54) is 11.1 Å². The maximum atomic E-state index is 11.0. The van der Waals surface area contributed by atoms with Gasteiger partial charge in [-0.1, -0.05) is 40.2 Å². The average molecular weight is 332 g/mol. The van der Waals surface area contributed by atoms with Crippen molar-refractivity contribution in [1.82, 2.24) is 0 Å². The molecule has 0 amide bonds. The molecule has 0 saturated carbocycles. The summed E-state index contributed by atoms with van der Waals surface area (Å²) in [6.45, 7) is 0.826. The van der Waals surface area contributed by atoms with E-state index < -0.39 is 5.97 Å². The van der Waals surface area contributed by atoms with Crippen LogP contribution in [0.1, 0.15) is 27.4 Å². The lowest BCUT2D eigenvalue weighted by Gasteiger charge is -2.30. The van der Waals surface area contributed by atoms with Crippen LogP contribution in [-0.2, 0) is 6.42 Å². The summed E-state index contributed by atoms with van der Waals surface area (Å²) >= 11 is 3.34. The number of hydrogen-bond donors (Lipinski definition) is 2. The van der Waals surface area contributed by atoms with Crippen LogP contribution in [0.5, 0.6) is 0 Å². The Kier molecular flexibility index (Phi) is 3.49. The zero-order valence-corrected chi connectivity index (χ0v) is 12.4. The second-order valence-electron chi connectivity index (χ2n) is 5.01. The highest BCUT2D eigenvalue weighted by Crippen LogP contribution is 2.35. The van der Waals surface area contributed by atoms with Crippen molar-refractivity contribution in [2.24, 2.45) is 0 Å². The van der Waals surface area contributed by atoms with Crippen molar-refractivity contribution < 1.29 is 9.90 Å². The molecule has 20 heavy (non-hydrogen) atoms. The molecule has 102 valence electrons. The molecule has 1 unspecified atom stereocenters. The Morgan fingerprint density at radius 1 is 1.30 bits per heavy atom. The summed E-state index contributed by atoms with van der Waals surface area (Å²) in [5, 5.41) is 12.4. The smallest absolute Gasteiger partial charge is 0.335 e. The van der Waals surface area contributed by atoms with Crippen LogP contribution in [0.3, 0.4) is 0 Å². The van der Waals surface area contributed by atoms with Gasteiger partial charge < -0.3 is 10.4 Å². The Bertz CT molecular complexity index is 669. The summed E-state index contributed by atoms with van der Waals surface area (Å²) in [5.41, 5.74) is 3.94. The molecule has 0 fully saturated rings. The number of nitrogens with one attached hydrogen (secondary N) is 1. The van der Waals surface area contributed by atoms with E-state index in [0.717, 1.165) is 23.1 Å². The van der Waals surface area contributed by atoms with E-state index >= 15 is 0 Å². The van der Waals surface area contributed by atoms with Gasteiger partial charge in [-0.05, 0) is 35.7 Å². The number of carboxylic acids is 1. The summed E-state index contributed by atoms with van der Waals surface area (Å²) in [5.74, 6) is -0.401. The van der Waals surface area contributed by atoms with Crippen molar-refractivity contribution in [3.63, 3.8) is 0 Å². The highest BCUT2D eigenvalue weighted by molar-refractivity contribution is 9.10. The van der Waals surface area contributed by atoms with Gasteiger partial charge in [0, 0.05) is 22.6 Å². The summed E-state index contributed by atoms with van der Waals surface area (Å²) < 4.78 is 0.772. The monoisotopic (exact) mass is 331 g/mol. The molecule has 4 heteroatoms. The number of aromatic carboxylic acids is 1. The lowest BCUT2D eigenvalue weighted by Crippen LogP contribution is -2.24. The molecule has 2 aromatic carbocycles. The molecule has 0 heterocycles. The van der Waals surface area contributed by atoms with Crippen molar-refractivity contribution >= 4 is 27.6 Å². The maximum absolute atomic E-state index is 11.0. The molecular formula is C16H14BrNO2. The molecule has 1 atom stereocenters. The summed E-state index contributed by atoms with van der Waals surface area (Å²) in [7, 11) is 0. The van der Waals surface area contributed by atoms with Crippen LogP contribution >= 0.6 is 15.9 Å². The summed E-state index contributed by atoms with van der Waals surface area (Å²) in [6, 6.07) is 13.6. The van der Waals surface area contributed by atoms with Crippen molar-refractivity contribution in [2.75, 3.05) is 11.9 Å². The number of carbonyl (C=O) groups is 1. The van der Waals surface area contributed by atoms with Gasteiger partial charge in [-0.15, -0.1) is 0 Å². The summed E-state index contributed by atoms with van der Waals surface area (Å²) in [4.78, 5) is 11.0. The van der Waals surface area contributed by atoms with Crippen LogP contribution in [0.4, 0.5) is 5.69 Å². The Labute approximate surface area is 125 Å². The first-order valence-electron chi connectivity index (χ1n) is 6.49. The van der Waals surface area contributed by atoms with Gasteiger partial charge in [0.2, 0.25) is 0 Å². The van der Waals surface area contributed by atoms with Crippen LogP contribution in [-0.4, -0.2) is 17.6 Å². The molecule has 3 rings (SSSR count). The van der Waals surface area contributed by atoms with Gasteiger partial charge >= 0.3 is 5.97 Å². The molecule has 2 aromatic rings. The van der Waals surface area contributed by atoms with Gasteiger partial charge in [0.05, 0.1) is 5.56 Å². The molecule has 1 aliphatic carbocycles. The predicted molar refractivity (Wildman–Crippen MR) is 82.5 cm³/mol. The minimum Gasteiger partial charge on any atom is -0.478 e. The second kappa shape index (κ2) is 5.29. The van der Waals surface area contributed by atoms with Crippen LogP contribution in [0, 0.1) is 0 Å². The van der Waals surface area contributed by atoms with E-state index in [1.807, 2.05) is 6.07 Å². The van der Waals surface area contributed by atoms with E-state index in [2.05, 4.69) is 45.5 Å². The van der Waals surface area contributed by atoms with Gasteiger partial charge in [-0.2, -0.15) is 0 Å². The molecule has 0 bridgehead atoms. The number of fused-ring (bicyclic) bond motifs is 1. The van der Waals surface area contributed by atoms with Gasteiger partial charge in [0.1, 0.15) is 0 Å². The fourth-order valence-corrected chi connectivity index (χ4v) is 3.09. The molecule has 0 aromatic heterocycles. The van der Waals surface area contributed by atoms with Crippen LogP contribution in [0.2, 0.25) is 0 Å². The van der Waals surface area contributed by atoms with E-state index in [4.69, 9.17) is 5.11 Å². The normalized spacial score (nSPS) is 16.1. The van der Waals surface area contributed by atoms with Crippen LogP contribution in [0.15, 0.2) is 46.9 Å². The van der Waals surface area contributed by atoms with E-state index in [1.54, 1.807) is 12.1 Å². The SMILES string of the molecule is O=C(O)c1cc(Br)cc(NCC2Cc3ccccc32)c1. The Morgan fingerprint density at radius 2 is 2.10 bits per heavy atom. The minimum atomic E-state index is -0.914. The molecule has 0 saturated heterocycles. The zero-order chi connectivity index (χ0) is 14.1. The second-order valence-corrected chi connectivity index (χ2v) is 5.93. The number of halogens is 1. The van der Waals surface area contributed by atoms with Crippen molar-refractivity contribution in [3.05, 3.63) is 63.6 Å². The predicted octanol–water partition coefficient (Wildman–Crippen LogP) is 3.90. The van der Waals surface area contributed by atoms with E-state index in [0.29, 0.717) is 5.92 Å². The minimum absolute atomic E-state index is 0.288. The molecule has 2 N–H and O–H groups in total. The Morgan fingerprint density at radius 3 is 2.85 bits per heavy atom. The van der Waals surface area contributed by atoms with E-state index in [-0.39, 0.29) is 5.56 Å². The molecule has 0 radical (unpaired) electrons. The van der Waals surface area contributed by atoms with Gasteiger partial charge in [0.15, 0.2) is 0 Å². The van der Waals surface area contributed by atoms with Crippen LogP contribution < -0.4 is 5.32 Å². The van der Waals surface area contributed by atoms with Gasteiger partial charge in [-0.25, -0.2) is 4.79 Å². The highest BCUT2D eigenvalue weighted by Gasteiger charge is 2.24. The lowest BCUT2D eigenvalue weighted by molar-refractivity contribution is 0.0697. The number of anilines is 1. The largest absolute Gasteiger partial charge is 0.478 e. The highest BCUT2D eigenvalue weighted by atomic mass is 79.9. The Balaban J connectivity index is 1.69. The molecule has 0 spiro atoms. The quantitative estimate of drug-likeness (QED) is 0.893. The third-order valence-electron chi connectivity index (χ3n) is 3.66. The standard InChI is InChI=1S/C16H14BrNO2/c17-13-6-11(16(19)20)7-14(8-13)18-9-12-5-10-3-1-2-4-15(10)12/h1-4,6-8,12,18H,5,9H2,(H,19,20). The first-order chi connectivity index (χ1) is 9.63.